The zero-order valence-corrected chi connectivity index (χ0v) is 22.0. The van der Waals surface area contributed by atoms with Gasteiger partial charge in [0.05, 0.1) is 24.2 Å². The van der Waals surface area contributed by atoms with Crippen molar-refractivity contribution in [2.75, 3.05) is 6.61 Å². The lowest BCUT2D eigenvalue weighted by atomic mass is 10.0. The molecule has 0 fully saturated rings. The van der Waals surface area contributed by atoms with Gasteiger partial charge in [-0.05, 0) is 30.7 Å². The van der Waals surface area contributed by atoms with Crippen LogP contribution in [0.5, 0.6) is 5.75 Å². The molecule has 220 valence electrons. The Hall–Kier alpha value is -4.78. The molecule has 13 heteroatoms. The Morgan fingerprint density at radius 3 is 2.29 bits per heavy atom. The maximum Gasteiger partial charge on any atom is 0.416 e. The Morgan fingerprint density at radius 1 is 0.976 bits per heavy atom. The van der Waals surface area contributed by atoms with Crippen LogP contribution in [0, 0.1) is 18.6 Å². The van der Waals surface area contributed by atoms with Crippen LogP contribution >= 0.6 is 0 Å². The number of alkyl halides is 3. The fourth-order valence-electron chi connectivity index (χ4n) is 4.56. The van der Waals surface area contributed by atoms with E-state index in [1.807, 2.05) is 0 Å². The molecule has 4 rings (SSSR count). The molecule has 0 saturated carbocycles. The Labute approximate surface area is 235 Å². The van der Waals surface area contributed by atoms with Gasteiger partial charge in [-0.25, -0.2) is 18.4 Å². The number of benzene rings is 3. The lowest BCUT2D eigenvalue weighted by Gasteiger charge is -2.21. The molecule has 0 radical (unpaired) electrons. The number of hydrogen-bond donors (Lipinski definition) is 2. The first-order chi connectivity index (χ1) is 19.8. The molecule has 8 nitrogen and oxygen atoms in total. The molecular formula is C29H24F5N3O5. The number of rotatable bonds is 9. The second-order valence-corrected chi connectivity index (χ2v) is 9.33. The van der Waals surface area contributed by atoms with Gasteiger partial charge in [0.25, 0.3) is 5.56 Å². The topological polar surface area (TPSA) is 117 Å². The Balaban J connectivity index is 1.98. The van der Waals surface area contributed by atoms with Gasteiger partial charge in [0.15, 0.2) is 18.2 Å². The summed E-state index contributed by atoms with van der Waals surface area (Å²) in [4.78, 5) is 38.3. The molecular weight excluding hydrogens is 565 g/mol. The van der Waals surface area contributed by atoms with Crippen LogP contribution in [0.4, 0.5) is 22.0 Å². The van der Waals surface area contributed by atoms with Crippen LogP contribution in [-0.2, 0) is 24.1 Å². The molecule has 1 atom stereocenters. The minimum Gasteiger partial charge on any atom is -0.479 e. The van der Waals surface area contributed by atoms with Gasteiger partial charge < -0.3 is 15.6 Å². The fourth-order valence-corrected chi connectivity index (χ4v) is 4.56. The second-order valence-electron chi connectivity index (χ2n) is 9.33. The number of aliphatic carboxylic acids is 1. The van der Waals surface area contributed by atoms with Crippen molar-refractivity contribution >= 4 is 5.97 Å². The van der Waals surface area contributed by atoms with E-state index in [0.29, 0.717) is 16.2 Å². The fraction of sp³-hybridized carbons (Fsp3) is 0.207. The molecule has 0 bridgehead atoms. The number of carboxylic acid groups (broad SMARTS) is 1. The molecule has 1 heterocycles. The number of hydrogen-bond acceptors (Lipinski definition) is 5. The predicted molar refractivity (Wildman–Crippen MR) is 142 cm³/mol. The van der Waals surface area contributed by atoms with Crippen molar-refractivity contribution in [1.82, 2.24) is 9.13 Å². The summed E-state index contributed by atoms with van der Waals surface area (Å²) in [6.07, 6.45) is -4.97. The van der Waals surface area contributed by atoms with E-state index in [4.69, 9.17) is 15.6 Å². The van der Waals surface area contributed by atoms with Crippen molar-refractivity contribution in [2.24, 2.45) is 5.73 Å². The van der Waals surface area contributed by atoms with Gasteiger partial charge in [-0.2, -0.15) is 13.2 Å². The number of ether oxygens (including phenoxy) is 1. The molecule has 0 aliphatic heterocycles. The summed E-state index contributed by atoms with van der Waals surface area (Å²) in [7, 11) is 0. The zero-order valence-electron chi connectivity index (χ0n) is 22.0. The number of nitrogens with zero attached hydrogens (tertiary/aromatic N) is 2. The lowest BCUT2D eigenvalue weighted by Crippen LogP contribution is -2.44. The van der Waals surface area contributed by atoms with E-state index in [1.54, 1.807) is 30.3 Å². The summed E-state index contributed by atoms with van der Waals surface area (Å²) in [5, 5.41) is 8.90. The Kier molecular flexibility index (Phi) is 8.62. The molecule has 3 N–H and O–H groups in total. The van der Waals surface area contributed by atoms with Crippen LogP contribution in [-0.4, -0.2) is 26.8 Å². The molecule has 0 aliphatic rings. The Bertz CT molecular complexity index is 1750. The van der Waals surface area contributed by atoms with Gasteiger partial charge in [-0.15, -0.1) is 0 Å². The molecule has 0 aliphatic carbocycles. The highest BCUT2D eigenvalue weighted by Crippen LogP contribution is 2.34. The average molecular weight is 590 g/mol. The first kappa shape index (κ1) is 30.2. The summed E-state index contributed by atoms with van der Waals surface area (Å²) in [6.45, 7) is -1.09. The highest BCUT2D eigenvalue weighted by molar-refractivity contribution is 5.70. The van der Waals surface area contributed by atoms with Crippen molar-refractivity contribution in [3.05, 3.63) is 122 Å². The third-order valence-corrected chi connectivity index (χ3v) is 6.62. The quantitative estimate of drug-likeness (QED) is 0.278. The molecule has 42 heavy (non-hydrogen) atoms. The summed E-state index contributed by atoms with van der Waals surface area (Å²) in [5.41, 5.74) is 1.37. The first-order valence-electron chi connectivity index (χ1n) is 12.4. The second kappa shape index (κ2) is 12.0. The highest BCUT2D eigenvalue weighted by Gasteiger charge is 2.35. The maximum absolute atomic E-state index is 15.6. The van der Waals surface area contributed by atoms with Crippen molar-refractivity contribution in [3.8, 4) is 16.9 Å². The monoisotopic (exact) mass is 589 g/mol. The van der Waals surface area contributed by atoms with Crippen LogP contribution in [0.3, 0.4) is 0 Å². The summed E-state index contributed by atoms with van der Waals surface area (Å²) in [6, 6.07) is 13.3. The minimum atomic E-state index is -4.97. The van der Waals surface area contributed by atoms with Crippen molar-refractivity contribution in [3.63, 3.8) is 0 Å². The third kappa shape index (κ3) is 6.10. The molecule has 0 unspecified atom stereocenters. The molecule has 3 aromatic carbocycles. The molecule has 0 amide bonds. The molecule has 1 aromatic heterocycles. The highest BCUT2D eigenvalue weighted by atomic mass is 19.4. The van der Waals surface area contributed by atoms with Gasteiger partial charge in [0, 0.05) is 22.9 Å². The van der Waals surface area contributed by atoms with Crippen molar-refractivity contribution in [2.45, 2.75) is 32.2 Å². The number of nitrogens with two attached hydrogens (primary N) is 1. The SMILES string of the molecule is Cc1c(-c2cccc(OCC(=O)O)c2F)c(=O)n(C[C@H](N)c2ccccc2)c(=O)n1Cc1c(F)cccc1C(F)(F)F. The van der Waals surface area contributed by atoms with Crippen LogP contribution in [0.25, 0.3) is 11.1 Å². The van der Waals surface area contributed by atoms with E-state index in [-0.39, 0.29) is 5.69 Å². The van der Waals surface area contributed by atoms with Gasteiger partial charge in [-0.1, -0.05) is 48.5 Å². The van der Waals surface area contributed by atoms with Gasteiger partial charge in [-0.3, -0.25) is 13.9 Å². The lowest BCUT2D eigenvalue weighted by molar-refractivity contribution is -0.139. The first-order valence-corrected chi connectivity index (χ1v) is 12.4. The Morgan fingerprint density at radius 2 is 1.64 bits per heavy atom. The van der Waals surface area contributed by atoms with Crippen molar-refractivity contribution in [1.29, 1.82) is 0 Å². The summed E-state index contributed by atoms with van der Waals surface area (Å²) >= 11 is 0. The molecule has 4 aromatic rings. The van der Waals surface area contributed by atoms with E-state index in [1.165, 1.54) is 13.0 Å². The van der Waals surface area contributed by atoms with E-state index >= 15 is 4.39 Å². The summed E-state index contributed by atoms with van der Waals surface area (Å²) < 4.78 is 78.1. The van der Waals surface area contributed by atoms with Crippen LogP contribution < -0.4 is 21.7 Å². The van der Waals surface area contributed by atoms with E-state index in [9.17, 15) is 31.9 Å². The number of halogens is 5. The largest absolute Gasteiger partial charge is 0.479 e. The van der Waals surface area contributed by atoms with Gasteiger partial charge in [0.1, 0.15) is 5.82 Å². The average Bonchev–Trinajstić information content (AvgIpc) is 2.94. The van der Waals surface area contributed by atoms with E-state index < -0.39 is 88.8 Å². The van der Waals surface area contributed by atoms with Crippen molar-refractivity contribution < 1.29 is 36.6 Å². The third-order valence-electron chi connectivity index (χ3n) is 6.62. The van der Waals surface area contributed by atoms with Gasteiger partial charge in [0.2, 0.25) is 0 Å². The maximum atomic E-state index is 15.6. The number of aromatic nitrogens is 2. The van der Waals surface area contributed by atoms with E-state index in [2.05, 4.69) is 0 Å². The van der Waals surface area contributed by atoms with E-state index in [0.717, 1.165) is 28.8 Å². The molecule has 0 saturated heterocycles. The van der Waals surface area contributed by atoms with Crippen LogP contribution in [0.1, 0.15) is 28.4 Å². The van der Waals surface area contributed by atoms with Crippen LogP contribution in [0.15, 0.2) is 76.3 Å². The number of carboxylic acids is 1. The minimum absolute atomic E-state index is 0.264. The number of carbonyl (C=O) groups is 1. The van der Waals surface area contributed by atoms with Gasteiger partial charge >= 0.3 is 17.8 Å². The predicted octanol–water partition coefficient (Wildman–Crippen LogP) is 4.49. The normalized spacial score (nSPS) is 12.3. The smallest absolute Gasteiger partial charge is 0.416 e. The zero-order chi connectivity index (χ0) is 30.8. The summed E-state index contributed by atoms with van der Waals surface area (Å²) in [5.74, 6) is -4.31. The van der Waals surface area contributed by atoms with Crippen LogP contribution in [0.2, 0.25) is 0 Å². The molecule has 0 spiro atoms. The standard InChI is InChI=1S/C29H24F5N3O5/c1-16-25(18-9-5-12-23(26(18)31)42-15-24(38)39)27(40)37(14-22(35)17-7-3-2-4-8-17)28(41)36(16)13-19-20(29(32,33)34)10-6-11-21(19)30/h2-12,22H,13-15,35H2,1H3,(H,38,39)/t22-/m0/s1.